The summed E-state index contributed by atoms with van der Waals surface area (Å²) in [5.41, 5.74) is 2.84. The Morgan fingerprint density at radius 2 is 1.62 bits per heavy atom. The molecule has 0 saturated heterocycles. The van der Waals surface area contributed by atoms with Crippen LogP contribution < -0.4 is 10.2 Å². The monoisotopic (exact) mass is 375 g/mol. The van der Waals surface area contributed by atoms with Crippen LogP contribution in [0, 0.1) is 0 Å². The Kier molecular flexibility index (Phi) is 6.05. The highest BCUT2D eigenvalue weighted by Gasteiger charge is 2.20. The molecule has 1 amide bonds. The SMILES string of the molecule is CCc1ccc(C(=O)Nc2cc(S(=O)(=O)N(C)C)ccc2N(C)C)cc1. The molecule has 2 aromatic carbocycles. The van der Waals surface area contributed by atoms with Gasteiger partial charge in [0.05, 0.1) is 16.3 Å². The van der Waals surface area contributed by atoms with Gasteiger partial charge in [-0.1, -0.05) is 19.1 Å². The quantitative estimate of drug-likeness (QED) is 0.843. The first-order valence-electron chi connectivity index (χ1n) is 8.31. The first kappa shape index (κ1) is 19.9. The zero-order chi connectivity index (χ0) is 19.5. The Bertz CT molecular complexity index is 889. The van der Waals surface area contributed by atoms with E-state index in [4.69, 9.17) is 0 Å². The van der Waals surface area contributed by atoms with Crippen molar-refractivity contribution >= 4 is 27.3 Å². The van der Waals surface area contributed by atoms with Crippen LogP contribution in [-0.4, -0.2) is 46.8 Å². The topological polar surface area (TPSA) is 69.7 Å². The summed E-state index contributed by atoms with van der Waals surface area (Å²) in [6.07, 6.45) is 0.900. The van der Waals surface area contributed by atoms with Gasteiger partial charge in [-0.2, -0.15) is 0 Å². The third-order valence-corrected chi connectivity index (χ3v) is 5.91. The molecule has 0 atom stereocenters. The largest absolute Gasteiger partial charge is 0.376 e. The standard InChI is InChI=1S/C19H25N3O3S/c1-6-14-7-9-15(10-8-14)19(23)20-17-13-16(26(24,25)22(4)5)11-12-18(17)21(2)3/h7-13H,6H2,1-5H3,(H,20,23). The highest BCUT2D eigenvalue weighted by Crippen LogP contribution is 2.29. The molecule has 26 heavy (non-hydrogen) atoms. The van der Waals surface area contributed by atoms with Crippen molar-refractivity contribution < 1.29 is 13.2 Å². The summed E-state index contributed by atoms with van der Waals surface area (Å²) in [4.78, 5) is 14.5. The van der Waals surface area contributed by atoms with E-state index in [1.54, 1.807) is 18.2 Å². The van der Waals surface area contributed by atoms with E-state index in [9.17, 15) is 13.2 Å². The molecule has 0 unspecified atom stereocenters. The molecule has 6 nitrogen and oxygen atoms in total. The number of sulfonamides is 1. The summed E-state index contributed by atoms with van der Waals surface area (Å²) < 4.78 is 25.9. The summed E-state index contributed by atoms with van der Waals surface area (Å²) in [5.74, 6) is -0.282. The molecule has 1 N–H and O–H groups in total. The number of carbonyl (C=O) groups excluding carboxylic acids is 1. The molecule has 0 aliphatic heterocycles. The number of hydrogen-bond acceptors (Lipinski definition) is 4. The number of amides is 1. The van der Waals surface area contributed by atoms with E-state index >= 15 is 0 Å². The number of hydrogen-bond donors (Lipinski definition) is 1. The fraction of sp³-hybridized carbons (Fsp3) is 0.316. The minimum absolute atomic E-state index is 0.129. The molecular weight excluding hydrogens is 350 g/mol. The van der Waals surface area contributed by atoms with Gasteiger partial charge in [0.15, 0.2) is 0 Å². The van der Waals surface area contributed by atoms with Crippen molar-refractivity contribution in [3.05, 3.63) is 53.6 Å². The van der Waals surface area contributed by atoms with Gasteiger partial charge >= 0.3 is 0 Å². The smallest absolute Gasteiger partial charge is 0.255 e. The second kappa shape index (κ2) is 7.88. The molecule has 0 fully saturated rings. The Balaban J connectivity index is 2.40. The van der Waals surface area contributed by atoms with Crippen molar-refractivity contribution in [2.45, 2.75) is 18.2 Å². The predicted octanol–water partition coefficient (Wildman–Crippen LogP) is 2.82. The van der Waals surface area contributed by atoms with E-state index in [0.29, 0.717) is 11.3 Å². The van der Waals surface area contributed by atoms with E-state index in [2.05, 4.69) is 12.2 Å². The Labute approximate surface area is 155 Å². The molecule has 0 saturated carbocycles. The van der Waals surface area contributed by atoms with Gasteiger partial charge in [-0.3, -0.25) is 4.79 Å². The van der Waals surface area contributed by atoms with Crippen LogP contribution in [0.3, 0.4) is 0 Å². The lowest BCUT2D eigenvalue weighted by atomic mass is 10.1. The third-order valence-electron chi connectivity index (χ3n) is 4.10. The average Bonchev–Trinajstić information content (AvgIpc) is 2.61. The molecule has 140 valence electrons. The normalized spacial score (nSPS) is 11.5. The molecule has 0 bridgehead atoms. The Morgan fingerprint density at radius 3 is 2.12 bits per heavy atom. The lowest BCUT2D eigenvalue weighted by molar-refractivity contribution is 0.102. The molecule has 0 heterocycles. The molecule has 0 radical (unpaired) electrons. The average molecular weight is 375 g/mol. The van der Waals surface area contributed by atoms with Crippen LogP contribution in [0.4, 0.5) is 11.4 Å². The van der Waals surface area contributed by atoms with E-state index in [1.165, 1.54) is 26.2 Å². The van der Waals surface area contributed by atoms with Gasteiger partial charge in [0.2, 0.25) is 10.0 Å². The molecule has 7 heteroatoms. The van der Waals surface area contributed by atoms with Crippen LogP contribution in [0.5, 0.6) is 0 Å². The molecule has 2 rings (SSSR count). The molecule has 2 aromatic rings. The van der Waals surface area contributed by atoms with Gasteiger partial charge in [-0.15, -0.1) is 0 Å². The van der Waals surface area contributed by atoms with Gasteiger partial charge in [-0.05, 0) is 42.3 Å². The summed E-state index contributed by atoms with van der Waals surface area (Å²) in [6.45, 7) is 2.05. The second-order valence-corrected chi connectivity index (χ2v) is 8.52. The number of rotatable bonds is 6. The number of benzene rings is 2. The highest BCUT2D eigenvalue weighted by atomic mass is 32.2. The fourth-order valence-corrected chi connectivity index (χ4v) is 3.39. The Morgan fingerprint density at radius 1 is 1.00 bits per heavy atom. The number of carbonyl (C=O) groups is 1. The van der Waals surface area contributed by atoms with Crippen LogP contribution in [0.25, 0.3) is 0 Å². The van der Waals surface area contributed by atoms with E-state index in [0.717, 1.165) is 22.0 Å². The van der Waals surface area contributed by atoms with E-state index in [-0.39, 0.29) is 10.8 Å². The highest BCUT2D eigenvalue weighted by molar-refractivity contribution is 7.89. The van der Waals surface area contributed by atoms with Crippen molar-refractivity contribution in [1.29, 1.82) is 0 Å². The van der Waals surface area contributed by atoms with Crippen molar-refractivity contribution in [1.82, 2.24) is 4.31 Å². The van der Waals surface area contributed by atoms with Crippen molar-refractivity contribution in [2.24, 2.45) is 0 Å². The van der Waals surface area contributed by atoms with Gasteiger partial charge in [-0.25, -0.2) is 12.7 Å². The van der Waals surface area contributed by atoms with E-state index in [1.807, 2.05) is 31.1 Å². The van der Waals surface area contributed by atoms with Crippen LogP contribution >= 0.6 is 0 Å². The van der Waals surface area contributed by atoms with Gasteiger partial charge in [0.25, 0.3) is 5.91 Å². The van der Waals surface area contributed by atoms with Crippen LogP contribution in [0.2, 0.25) is 0 Å². The maximum Gasteiger partial charge on any atom is 0.255 e. The summed E-state index contributed by atoms with van der Waals surface area (Å²) in [5, 5.41) is 2.83. The summed E-state index contributed by atoms with van der Waals surface area (Å²) in [6, 6.07) is 12.1. The zero-order valence-corrected chi connectivity index (χ0v) is 16.6. The molecule has 0 spiro atoms. The van der Waals surface area contributed by atoms with Gasteiger partial charge in [0, 0.05) is 33.8 Å². The van der Waals surface area contributed by atoms with Crippen LogP contribution in [0.1, 0.15) is 22.8 Å². The zero-order valence-electron chi connectivity index (χ0n) is 15.8. The lowest BCUT2D eigenvalue weighted by Crippen LogP contribution is -2.23. The lowest BCUT2D eigenvalue weighted by Gasteiger charge is -2.20. The van der Waals surface area contributed by atoms with Crippen LogP contribution in [-0.2, 0) is 16.4 Å². The maximum atomic E-state index is 12.6. The first-order chi connectivity index (χ1) is 12.2. The van der Waals surface area contributed by atoms with Crippen molar-refractivity contribution in [3.8, 4) is 0 Å². The fourth-order valence-electron chi connectivity index (χ4n) is 2.46. The number of nitrogens with one attached hydrogen (secondary N) is 1. The number of aryl methyl sites for hydroxylation is 1. The van der Waals surface area contributed by atoms with Gasteiger partial charge in [0.1, 0.15) is 0 Å². The summed E-state index contributed by atoms with van der Waals surface area (Å²) >= 11 is 0. The Hall–Kier alpha value is -2.38. The molecule has 0 aromatic heterocycles. The first-order valence-corrected chi connectivity index (χ1v) is 9.75. The molecular formula is C19H25N3O3S. The number of nitrogens with zero attached hydrogens (tertiary/aromatic N) is 2. The van der Waals surface area contributed by atoms with E-state index < -0.39 is 10.0 Å². The number of anilines is 2. The minimum atomic E-state index is -3.59. The molecule has 0 aliphatic carbocycles. The van der Waals surface area contributed by atoms with Crippen LogP contribution in [0.15, 0.2) is 47.4 Å². The minimum Gasteiger partial charge on any atom is -0.376 e. The maximum absolute atomic E-state index is 12.6. The second-order valence-electron chi connectivity index (χ2n) is 6.37. The van der Waals surface area contributed by atoms with Crippen molar-refractivity contribution in [3.63, 3.8) is 0 Å². The predicted molar refractivity (Wildman–Crippen MR) is 105 cm³/mol. The van der Waals surface area contributed by atoms with Gasteiger partial charge < -0.3 is 10.2 Å². The summed E-state index contributed by atoms with van der Waals surface area (Å²) in [7, 11) is 3.03. The van der Waals surface area contributed by atoms with Crippen molar-refractivity contribution in [2.75, 3.05) is 38.4 Å². The molecule has 0 aliphatic rings. The third kappa shape index (κ3) is 4.23.